The number of esters is 1. The van der Waals surface area contributed by atoms with Crippen LogP contribution in [0.15, 0.2) is 36.4 Å². The van der Waals surface area contributed by atoms with Gasteiger partial charge in [0.2, 0.25) is 5.91 Å². The summed E-state index contributed by atoms with van der Waals surface area (Å²) in [6, 6.07) is 10.7. The predicted molar refractivity (Wildman–Crippen MR) is 111 cm³/mol. The first kappa shape index (κ1) is 21.2. The highest BCUT2D eigenvalue weighted by Gasteiger charge is 2.33. The van der Waals surface area contributed by atoms with Gasteiger partial charge in [0.1, 0.15) is 6.54 Å². The van der Waals surface area contributed by atoms with Crippen LogP contribution >= 0.6 is 0 Å². The maximum absolute atomic E-state index is 12.5. The van der Waals surface area contributed by atoms with Crippen LogP contribution in [0.5, 0.6) is 0 Å². The number of hydrogen-bond acceptors (Lipinski definition) is 5. The van der Waals surface area contributed by atoms with E-state index in [4.69, 9.17) is 4.74 Å². The van der Waals surface area contributed by atoms with Crippen LogP contribution in [-0.2, 0) is 25.5 Å². The first-order valence-corrected chi connectivity index (χ1v) is 9.68. The van der Waals surface area contributed by atoms with Crippen LogP contribution in [0, 0.1) is 20.8 Å². The van der Waals surface area contributed by atoms with Gasteiger partial charge in [0.15, 0.2) is 6.10 Å². The zero-order chi connectivity index (χ0) is 22.0. The van der Waals surface area contributed by atoms with Gasteiger partial charge in [0.25, 0.3) is 11.8 Å². The van der Waals surface area contributed by atoms with Crippen molar-refractivity contribution < 1.29 is 23.9 Å². The maximum Gasteiger partial charge on any atom is 0.326 e. The number of rotatable bonds is 5. The number of carbonyl (C=O) groups is 4. The summed E-state index contributed by atoms with van der Waals surface area (Å²) in [4.78, 5) is 50.5. The number of imide groups is 1. The Morgan fingerprint density at radius 1 is 1.10 bits per heavy atom. The fraction of sp³-hybridized carbons (Fsp3) is 0.304. The van der Waals surface area contributed by atoms with Gasteiger partial charge in [-0.1, -0.05) is 35.9 Å². The molecule has 0 aromatic heterocycles. The molecule has 3 rings (SSSR count). The molecule has 0 saturated carbocycles. The average molecular weight is 408 g/mol. The predicted octanol–water partition coefficient (Wildman–Crippen LogP) is 2.71. The van der Waals surface area contributed by atoms with Crippen molar-refractivity contribution in [3.63, 3.8) is 0 Å². The third-order valence-electron chi connectivity index (χ3n) is 5.03. The molecule has 0 fully saturated rings. The van der Waals surface area contributed by atoms with Crippen LogP contribution < -0.4 is 5.32 Å². The number of fused-ring (bicyclic) bond motifs is 1. The molecule has 0 saturated heterocycles. The first-order valence-electron chi connectivity index (χ1n) is 9.68. The minimum absolute atomic E-state index is 0.0389. The molecule has 0 aliphatic carbocycles. The minimum Gasteiger partial charge on any atom is -0.451 e. The zero-order valence-corrected chi connectivity index (χ0v) is 17.4. The van der Waals surface area contributed by atoms with Gasteiger partial charge in [-0.05, 0) is 50.5 Å². The molecule has 2 aromatic rings. The normalized spacial score (nSPS) is 14.2. The van der Waals surface area contributed by atoms with Crippen molar-refractivity contribution in [2.24, 2.45) is 0 Å². The van der Waals surface area contributed by atoms with E-state index < -0.39 is 36.3 Å². The second kappa shape index (κ2) is 8.49. The van der Waals surface area contributed by atoms with Crippen molar-refractivity contribution in [2.45, 2.75) is 40.2 Å². The highest BCUT2D eigenvalue weighted by molar-refractivity contribution is 6.11. The molecule has 1 atom stereocenters. The SMILES string of the molecule is Cc1cc(C)c(NC(=O)[C@@H](C)OC(=O)CN2C(=O)Cc3ccccc3C2=O)c(C)c1. The van der Waals surface area contributed by atoms with Crippen molar-refractivity contribution in [1.29, 1.82) is 0 Å². The molecule has 0 unspecified atom stereocenters. The van der Waals surface area contributed by atoms with Crippen LogP contribution in [0.2, 0.25) is 0 Å². The van der Waals surface area contributed by atoms with Gasteiger partial charge in [0.05, 0.1) is 6.42 Å². The van der Waals surface area contributed by atoms with Crippen LogP contribution in [-0.4, -0.2) is 41.2 Å². The van der Waals surface area contributed by atoms with Crippen LogP contribution in [0.4, 0.5) is 5.69 Å². The van der Waals surface area contributed by atoms with E-state index in [1.165, 1.54) is 6.92 Å². The van der Waals surface area contributed by atoms with Gasteiger partial charge in [0, 0.05) is 11.3 Å². The molecule has 1 aliphatic rings. The largest absolute Gasteiger partial charge is 0.451 e. The fourth-order valence-corrected chi connectivity index (χ4v) is 3.58. The van der Waals surface area contributed by atoms with E-state index in [2.05, 4.69) is 5.32 Å². The summed E-state index contributed by atoms with van der Waals surface area (Å²) in [5, 5.41) is 2.78. The molecule has 7 nitrogen and oxygen atoms in total. The Bertz CT molecular complexity index is 1020. The lowest BCUT2D eigenvalue weighted by Gasteiger charge is -2.26. The number of carbonyl (C=O) groups excluding carboxylic acids is 4. The Kier molecular flexibility index (Phi) is 6.01. The van der Waals surface area contributed by atoms with Crippen molar-refractivity contribution >= 4 is 29.4 Å². The standard InChI is InChI=1S/C23H24N2O5/c1-13-9-14(2)21(15(3)10-13)24-22(28)16(4)30-20(27)12-25-19(26)11-17-7-5-6-8-18(17)23(25)29/h5-10,16H,11-12H2,1-4H3,(H,24,28)/t16-/m1/s1. The van der Waals surface area contributed by atoms with E-state index in [0.29, 0.717) is 16.8 Å². The highest BCUT2D eigenvalue weighted by Crippen LogP contribution is 2.22. The van der Waals surface area contributed by atoms with Gasteiger partial charge in [-0.25, -0.2) is 0 Å². The zero-order valence-electron chi connectivity index (χ0n) is 17.4. The number of anilines is 1. The number of amides is 3. The van der Waals surface area contributed by atoms with Crippen molar-refractivity contribution in [3.05, 3.63) is 64.2 Å². The van der Waals surface area contributed by atoms with Crippen molar-refractivity contribution in [1.82, 2.24) is 4.90 Å². The van der Waals surface area contributed by atoms with Crippen LogP contribution in [0.3, 0.4) is 0 Å². The molecule has 1 aliphatic heterocycles. The summed E-state index contributed by atoms with van der Waals surface area (Å²) in [6.07, 6.45) is -1.04. The summed E-state index contributed by atoms with van der Waals surface area (Å²) in [6.45, 7) is 6.65. The summed E-state index contributed by atoms with van der Waals surface area (Å²) < 4.78 is 5.18. The number of ether oxygens (including phenoxy) is 1. The molecule has 0 spiro atoms. The first-order chi connectivity index (χ1) is 14.2. The number of benzene rings is 2. The lowest BCUT2D eigenvalue weighted by atomic mass is 9.98. The molecule has 156 valence electrons. The second-order valence-corrected chi connectivity index (χ2v) is 7.51. The molecular weight excluding hydrogens is 384 g/mol. The lowest BCUT2D eigenvalue weighted by Crippen LogP contribution is -2.46. The van der Waals surface area contributed by atoms with Crippen LogP contribution in [0.25, 0.3) is 0 Å². The lowest BCUT2D eigenvalue weighted by molar-refractivity contribution is -0.155. The maximum atomic E-state index is 12.5. The summed E-state index contributed by atoms with van der Waals surface area (Å²) in [5.41, 5.74) is 4.59. The number of hydrogen-bond donors (Lipinski definition) is 1. The van der Waals surface area contributed by atoms with E-state index >= 15 is 0 Å². The Hall–Kier alpha value is -3.48. The van der Waals surface area contributed by atoms with Gasteiger partial charge >= 0.3 is 5.97 Å². The minimum atomic E-state index is -1.08. The van der Waals surface area contributed by atoms with E-state index in [1.54, 1.807) is 24.3 Å². The monoisotopic (exact) mass is 408 g/mol. The summed E-state index contributed by atoms with van der Waals surface area (Å²) in [7, 11) is 0. The Labute approximate surface area is 175 Å². The molecule has 0 bridgehead atoms. The molecule has 1 N–H and O–H groups in total. The smallest absolute Gasteiger partial charge is 0.326 e. The van der Waals surface area contributed by atoms with E-state index in [1.807, 2.05) is 32.9 Å². The molecule has 30 heavy (non-hydrogen) atoms. The van der Waals surface area contributed by atoms with Crippen molar-refractivity contribution in [3.8, 4) is 0 Å². The number of aryl methyl sites for hydroxylation is 3. The molecule has 7 heteroatoms. The van der Waals surface area contributed by atoms with Gasteiger partial charge in [-0.2, -0.15) is 0 Å². The number of nitrogens with one attached hydrogen (secondary N) is 1. The number of nitrogens with zero attached hydrogens (tertiary/aromatic N) is 1. The van der Waals surface area contributed by atoms with Gasteiger partial charge in [-0.3, -0.25) is 24.1 Å². The molecule has 0 radical (unpaired) electrons. The molecule has 3 amide bonds. The van der Waals surface area contributed by atoms with Gasteiger partial charge in [-0.15, -0.1) is 0 Å². The summed E-state index contributed by atoms with van der Waals surface area (Å²) >= 11 is 0. The van der Waals surface area contributed by atoms with Crippen LogP contribution in [0.1, 0.15) is 39.5 Å². The molecular formula is C23H24N2O5. The average Bonchev–Trinajstić information content (AvgIpc) is 2.67. The van der Waals surface area contributed by atoms with Gasteiger partial charge < -0.3 is 10.1 Å². The Morgan fingerprint density at radius 3 is 2.40 bits per heavy atom. The summed E-state index contributed by atoms with van der Waals surface area (Å²) in [5.74, 6) is -2.32. The second-order valence-electron chi connectivity index (χ2n) is 7.51. The fourth-order valence-electron chi connectivity index (χ4n) is 3.58. The third-order valence-corrected chi connectivity index (χ3v) is 5.03. The van der Waals surface area contributed by atoms with Crippen molar-refractivity contribution in [2.75, 3.05) is 11.9 Å². The highest BCUT2D eigenvalue weighted by atomic mass is 16.5. The third kappa shape index (κ3) is 4.40. The Balaban J connectivity index is 1.63. The van der Waals surface area contributed by atoms with E-state index in [0.717, 1.165) is 21.6 Å². The Morgan fingerprint density at radius 2 is 1.73 bits per heavy atom. The van der Waals surface area contributed by atoms with E-state index in [9.17, 15) is 19.2 Å². The molecule has 2 aromatic carbocycles. The van der Waals surface area contributed by atoms with E-state index in [-0.39, 0.29) is 6.42 Å². The molecule has 1 heterocycles. The topological polar surface area (TPSA) is 92.8 Å². The quantitative estimate of drug-likeness (QED) is 0.607.